The molecule has 1 saturated carbocycles. The van der Waals surface area contributed by atoms with Gasteiger partial charge in [0, 0.05) is 17.3 Å². The van der Waals surface area contributed by atoms with Gasteiger partial charge in [0.2, 0.25) is 5.95 Å². The van der Waals surface area contributed by atoms with Crippen LogP contribution < -0.4 is 15.0 Å². The number of hydrogen-bond acceptors (Lipinski definition) is 6. The van der Waals surface area contributed by atoms with Crippen molar-refractivity contribution in [3.05, 3.63) is 59.5 Å². The molecule has 1 aliphatic carbocycles. The van der Waals surface area contributed by atoms with E-state index >= 15 is 13.2 Å². The summed E-state index contributed by atoms with van der Waals surface area (Å²) in [5, 5.41) is 2.99. The zero-order valence-electron chi connectivity index (χ0n) is 23.1. The largest absolute Gasteiger partial charge is 0.486 e. The van der Waals surface area contributed by atoms with Crippen LogP contribution in [0.1, 0.15) is 56.9 Å². The molecule has 1 N–H and O–H groups in total. The number of hydrogen-bond donors (Lipinski definition) is 1. The molecule has 1 aromatic heterocycles. The number of piperidine rings is 1. The Kier molecular flexibility index (Phi) is 7.57. The number of anilines is 3. The summed E-state index contributed by atoms with van der Waals surface area (Å²) < 4.78 is 51.0. The van der Waals surface area contributed by atoms with Gasteiger partial charge < -0.3 is 19.9 Å². The SMILES string of the molecule is CC1CCC(N2CCOc3c(F)cc(-c4nc(Nc5ccc(C6CCN(C)CC6)c(F)c5)ncc4F)cc32)CC1. The monoisotopic (exact) mass is 551 g/mol. The summed E-state index contributed by atoms with van der Waals surface area (Å²) in [6, 6.07) is 8.35. The highest BCUT2D eigenvalue weighted by atomic mass is 19.1. The van der Waals surface area contributed by atoms with Crippen LogP contribution in [0.25, 0.3) is 11.3 Å². The fourth-order valence-corrected chi connectivity index (χ4v) is 6.39. The number of nitrogens with zero attached hydrogens (tertiary/aromatic N) is 4. The van der Waals surface area contributed by atoms with Gasteiger partial charge in [0.1, 0.15) is 18.1 Å². The van der Waals surface area contributed by atoms with Gasteiger partial charge in [-0.25, -0.2) is 23.1 Å². The highest BCUT2D eigenvalue weighted by Crippen LogP contribution is 2.42. The zero-order valence-corrected chi connectivity index (χ0v) is 23.1. The minimum Gasteiger partial charge on any atom is -0.486 e. The van der Waals surface area contributed by atoms with Gasteiger partial charge in [-0.15, -0.1) is 0 Å². The Balaban J connectivity index is 1.26. The molecule has 0 amide bonds. The Labute approximate surface area is 233 Å². The summed E-state index contributed by atoms with van der Waals surface area (Å²) in [5.41, 5.74) is 2.10. The fraction of sp³-hybridized carbons (Fsp3) is 0.484. The lowest BCUT2D eigenvalue weighted by Crippen LogP contribution is -2.43. The predicted molar refractivity (Wildman–Crippen MR) is 151 cm³/mol. The molecule has 3 heterocycles. The van der Waals surface area contributed by atoms with E-state index in [1.807, 2.05) is 0 Å². The summed E-state index contributed by atoms with van der Waals surface area (Å²) in [5.74, 6) is -0.282. The molecule has 6 nitrogen and oxygen atoms in total. The van der Waals surface area contributed by atoms with Crippen LogP contribution >= 0.6 is 0 Å². The smallest absolute Gasteiger partial charge is 0.227 e. The van der Waals surface area contributed by atoms with E-state index in [2.05, 4.69) is 39.1 Å². The zero-order chi connectivity index (χ0) is 27.8. The summed E-state index contributed by atoms with van der Waals surface area (Å²) in [6.45, 7) is 5.24. The number of halogens is 3. The van der Waals surface area contributed by atoms with E-state index in [0.29, 0.717) is 47.6 Å². The minimum atomic E-state index is -0.663. The maximum absolute atomic E-state index is 15.3. The van der Waals surface area contributed by atoms with Crippen LogP contribution in [0.5, 0.6) is 5.75 Å². The first-order valence-corrected chi connectivity index (χ1v) is 14.4. The first-order chi connectivity index (χ1) is 19.4. The maximum atomic E-state index is 15.3. The lowest BCUT2D eigenvalue weighted by Gasteiger charge is -2.40. The number of fused-ring (bicyclic) bond motifs is 1. The Bertz CT molecular complexity index is 1370. The number of ether oxygens (including phenoxy) is 1. The van der Waals surface area contributed by atoms with Crippen LogP contribution in [0, 0.1) is 23.4 Å². The molecule has 2 aliphatic heterocycles. The van der Waals surface area contributed by atoms with E-state index in [1.165, 1.54) is 12.1 Å². The summed E-state index contributed by atoms with van der Waals surface area (Å²) in [6.07, 6.45) is 7.24. The third-order valence-electron chi connectivity index (χ3n) is 8.77. The molecule has 0 unspecified atom stereocenters. The van der Waals surface area contributed by atoms with E-state index in [4.69, 9.17) is 4.74 Å². The average Bonchev–Trinajstić information content (AvgIpc) is 2.95. The molecule has 2 fully saturated rings. The quantitative estimate of drug-likeness (QED) is 0.373. The highest BCUT2D eigenvalue weighted by molar-refractivity contribution is 5.73. The molecule has 3 aromatic rings. The molecule has 0 spiro atoms. The molecule has 0 bridgehead atoms. The van der Waals surface area contributed by atoms with Crippen molar-refractivity contribution >= 4 is 17.3 Å². The normalized spacial score (nSPS) is 22.1. The van der Waals surface area contributed by atoms with Crippen LogP contribution in [0.2, 0.25) is 0 Å². The summed E-state index contributed by atoms with van der Waals surface area (Å²) in [4.78, 5) is 12.9. The second-order valence-electron chi connectivity index (χ2n) is 11.6. The maximum Gasteiger partial charge on any atom is 0.227 e. The van der Waals surface area contributed by atoms with E-state index in [0.717, 1.165) is 57.8 Å². The van der Waals surface area contributed by atoms with Crippen LogP contribution in [-0.2, 0) is 0 Å². The molecule has 1 saturated heterocycles. The Morgan fingerprint density at radius 1 is 0.900 bits per heavy atom. The van der Waals surface area contributed by atoms with Crippen LogP contribution in [0.3, 0.4) is 0 Å². The Hall–Kier alpha value is -3.33. The average molecular weight is 552 g/mol. The van der Waals surface area contributed by atoms with E-state index < -0.39 is 11.6 Å². The van der Waals surface area contributed by atoms with Crippen molar-refractivity contribution in [1.29, 1.82) is 0 Å². The van der Waals surface area contributed by atoms with Gasteiger partial charge in [0.15, 0.2) is 17.4 Å². The van der Waals surface area contributed by atoms with Crippen LogP contribution in [0.4, 0.5) is 30.5 Å². The van der Waals surface area contributed by atoms with Crippen molar-refractivity contribution in [3.63, 3.8) is 0 Å². The molecule has 6 rings (SSSR count). The molecule has 0 atom stereocenters. The lowest BCUT2D eigenvalue weighted by atomic mass is 9.86. The van der Waals surface area contributed by atoms with Crippen molar-refractivity contribution in [3.8, 4) is 17.0 Å². The number of aromatic nitrogens is 2. The number of rotatable bonds is 5. The third-order valence-corrected chi connectivity index (χ3v) is 8.77. The van der Waals surface area contributed by atoms with Crippen molar-refractivity contribution in [2.45, 2.75) is 57.4 Å². The van der Waals surface area contributed by atoms with Gasteiger partial charge in [-0.1, -0.05) is 13.0 Å². The fourth-order valence-electron chi connectivity index (χ4n) is 6.39. The van der Waals surface area contributed by atoms with Crippen molar-refractivity contribution in [1.82, 2.24) is 14.9 Å². The topological polar surface area (TPSA) is 53.5 Å². The van der Waals surface area contributed by atoms with E-state index in [1.54, 1.807) is 18.2 Å². The van der Waals surface area contributed by atoms with E-state index in [-0.39, 0.29) is 29.1 Å². The first-order valence-electron chi connectivity index (χ1n) is 14.4. The minimum absolute atomic E-state index is 0.0228. The predicted octanol–water partition coefficient (Wildman–Crippen LogP) is 6.89. The Morgan fingerprint density at radius 2 is 1.68 bits per heavy atom. The van der Waals surface area contributed by atoms with Crippen molar-refractivity contribution in [2.24, 2.45) is 5.92 Å². The first kappa shape index (κ1) is 26.9. The van der Waals surface area contributed by atoms with Crippen molar-refractivity contribution in [2.75, 3.05) is 43.5 Å². The van der Waals surface area contributed by atoms with E-state index in [9.17, 15) is 0 Å². The van der Waals surface area contributed by atoms with Gasteiger partial charge in [0.25, 0.3) is 0 Å². The van der Waals surface area contributed by atoms with Gasteiger partial charge in [-0.05, 0) is 100 Å². The van der Waals surface area contributed by atoms with Gasteiger partial charge in [0.05, 0.1) is 18.4 Å². The molecule has 40 heavy (non-hydrogen) atoms. The molecule has 9 heteroatoms. The third kappa shape index (κ3) is 5.48. The van der Waals surface area contributed by atoms with Crippen LogP contribution in [0.15, 0.2) is 36.5 Å². The highest BCUT2D eigenvalue weighted by Gasteiger charge is 2.31. The molecule has 0 radical (unpaired) electrons. The standard InChI is InChI=1S/C31H36F3N5O/c1-19-3-6-23(7-4-19)39-13-14-40-30-26(33)15-21(16-28(30)39)29-27(34)18-35-31(37-29)36-22-5-8-24(25(32)17-22)20-9-11-38(2)12-10-20/h5,8,15-20,23H,3-4,6-7,9-14H2,1-2H3,(H,35,36,37). The summed E-state index contributed by atoms with van der Waals surface area (Å²) in [7, 11) is 2.08. The second kappa shape index (κ2) is 11.3. The van der Waals surface area contributed by atoms with Crippen molar-refractivity contribution < 1.29 is 17.9 Å². The molecular weight excluding hydrogens is 515 g/mol. The molecule has 2 aromatic carbocycles. The second-order valence-corrected chi connectivity index (χ2v) is 11.6. The van der Waals surface area contributed by atoms with Crippen LogP contribution in [-0.4, -0.2) is 54.2 Å². The molecular formula is C31H36F3N5O. The number of benzene rings is 2. The van der Waals surface area contributed by atoms with Gasteiger partial charge >= 0.3 is 0 Å². The lowest BCUT2D eigenvalue weighted by molar-refractivity contribution is 0.253. The number of nitrogens with one attached hydrogen (secondary N) is 1. The number of likely N-dealkylation sites (tertiary alicyclic amines) is 1. The molecule has 3 aliphatic rings. The Morgan fingerprint density at radius 3 is 2.42 bits per heavy atom. The molecule has 212 valence electrons. The summed E-state index contributed by atoms with van der Waals surface area (Å²) >= 11 is 0. The van der Waals surface area contributed by atoms with Gasteiger partial charge in [-0.3, -0.25) is 0 Å². The van der Waals surface area contributed by atoms with Gasteiger partial charge in [-0.2, -0.15) is 0 Å².